The van der Waals surface area contributed by atoms with E-state index >= 15 is 0 Å². The second-order valence-electron chi connectivity index (χ2n) is 4.82. The third-order valence-electron chi connectivity index (χ3n) is 3.52. The Hall–Kier alpha value is -1.42. The van der Waals surface area contributed by atoms with Gasteiger partial charge in [0.15, 0.2) is 5.78 Å². The fraction of sp³-hybridized carbons (Fsp3) is 0.571. The van der Waals surface area contributed by atoms with Crippen LogP contribution < -0.4 is 4.90 Å². The summed E-state index contributed by atoms with van der Waals surface area (Å²) in [5.74, 6) is 0.956. The summed E-state index contributed by atoms with van der Waals surface area (Å²) < 4.78 is 0. The Morgan fingerprint density at radius 1 is 1.50 bits per heavy atom. The van der Waals surface area contributed by atoms with Crippen LogP contribution in [0.2, 0.25) is 0 Å². The van der Waals surface area contributed by atoms with Crippen molar-refractivity contribution in [3.63, 3.8) is 0 Å². The van der Waals surface area contributed by atoms with Gasteiger partial charge in [0.2, 0.25) is 0 Å². The zero-order valence-corrected chi connectivity index (χ0v) is 10.8. The van der Waals surface area contributed by atoms with Crippen molar-refractivity contribution < 1.29 is 9.90 Å². The molecule has 0 saturated heterocycles. The summed E-state index contributed by atoms with van der Waals surface area (Å²) in [6, 6.07) is 4.29. The molecule has 1 saturated carbocycles. The molecule has 0 radical (unpaired) electrons. The van der Waals surface area contributed by atoms with Crippen molar-refractivity contribution in [3.05, 3.63) is 23.9 Å². The molecule has 0 aromatic carbocycles. The second-order valence-corrected chi connectivity index (χ2v) is 4.82. The first-order valence-electron chi connectivity index (χ1n) is 6.57. The molecular weight excluding hydrogens is 228 g/mol. The molecule has 4 nitrogen and oxygen atoms in total. The maximum atomic E-state index is 11.2. The van der Waals surface area contributed by atoms with Gasteiger partial charge < -0.3 is 10.0 Å². The number of carbonyl (C=O) groups excluding carboxylic acids is 1. The largest absolute Gasteiger partial charge is 0.396 e. The van der Waals surface area contributed by atoms with Crippen molar-refractivity contribution in [3.8, 4) is 0 Å². The molecule has 0 aliphatic heterocycles. The fourth-order valence-corrected chi connectivity index (χ4v) is 2.19. The van der Waals surface area contributed by atoms with Crippen LogP contribution in [-0.2, 0) is 0 Å². The lowest BCUT2D eigenvalue weighted by Gasteiger charge is -2.38. The number of nitrogens with zero attached hydrogens (tertiary/aromatic N) is 2. The molecule has 1 aromatic heterocycles. The summed E-state index contributed by atoms with van der Waals surface area (Å²) in [7, 11) is 0. The molecule has 0 unspecified atom stereocenters. The Kier molecular flexibility index (Phi) is 4.31. The third kappa shape index (κ3) is 2.88. The second kappa shape index (κ2) is 5.96. The lowest BCUT2D eigenvalue weighted by Crippen LogP contribution is -2.41. The molecule has 1 fully saturated rings. The highest BCUT2D eigenvalue weighted by molar-refractivity contribution is 5.93. The molecule has 0 atom stereocenters. The van der Waals surface area contributed by atoms with Crippen LogP contribution in [0.3, 0.4) is 0 Å². The SMILES string of the molecule is CC(=O)c1ccc(N(CCCO)C2CCC2)nc1. The van der Waals surface area contributed by atoms with Crippen LogP contribution in [0, 0.1) is 0 Å². The van der Waals surface area contributed by atoms with Crippen LogP contribution in [0.15, 0.2) is 18.3 Å². The van der Waals surface area contributed by atoms with Gasteiger partial charge in [-0.05, 0) is 44.7 Å². The van der Waals surface area contributed by atoms with E-state index in [0.29, 0.717) is 11.6 Å². The lowest BCUT2D eigenvalue weighted by molar-refractivity contribution is 0.101. The van der Waals surface area contributed by atoms with E-state index in [9.17, 15) is 4.79 Å². The lowest BCUT2D eigenvalue weighted by atomic mass is 9.91. The average molecular weight is 248 g/mol. The molecule has 1 aliphatic carbocycles. The smallest absolute Gasteiger partial charge is 0.161 e. The van der Waals surface area contributed by atoms with Gasteiger partial charge in [-0.1, -0.05) is 0 Å². The number of carbonyl (C=O) groups is 1. The molecule has 98 valence electrons. The summed E-state index contributed by atoms with van der Waals surface area (Å²) in [6.07, 6.45) is 6.06. The number of Topliss-reactive ketones (excluding diaryl/α,β-unsaturated/α-hetero) is 1. The molecule has 18 heavy (non-hydrogen) atoms. The molecule has 1 aromatic rings. The van der Waals surface area contributed by atoms with Crippen molar-refractivity contribution in [1.82, 2.24) is 4.98 Å². The molecule has 0 amide bonds. The van der Waals surface area contributed by atoms with Crippen LogP contribution in [0.5, 0.6) is 0 Å². The highest BCUT2D eigenvalue weighted by Crippen LogP contribution is 2.28. The van der Waals surface area contributed by atoms with E-state index in [4.69, 9.17) is 5.11 Å². The molecule has 1 aliphatic rings. The monoisotopic (exact) mass is 248 g/mol. The Morgan fingerprint density at radius 2 is 2.28 bits per heavy atom. The predicted octanol–water partition coefficient (Wildman–Crippen LogP) is 2.03. The molecule has 1 heterocycles. The minimum atomic E-state index is 0.0413. The van der Waals surface area contributed by atoms with Crippen LogP contribution in [-0.4, -0.2) is 35.1 Å². The van der Waals surface area contributed by atoms with Crippen molar-refractivity contribution in [1.29, 1.82) is 0 Å². The zero-order valence-electron chi connectivity index (χ0n) is 10.8. The predicted molar refractivity (Wildman–Crippen MR) is 70.9 cm³/mol. The van der Waals surface area contributed by atoms with Gasteiger partial charge in [0.25, 0.3) is 0 Å². The number of hydrogen-bond donors (Lipinski definition) is 1. The molecule has 0 bridgehead atoms. The summed E-state index contributed by atoms with van der Waals surface area (Å²) >= 11 is 0. The Bertz CT molecular complexity index is 399. The highest BCUT2D eigenvalue weighted by Gasteiger charge is 2.25. The molecule has 4 heteroatoms. The van der Waals surface area contributed by atoms with Gasteiger partial charge in [-0.2, -0.15) is 0 Å². The van der Waals surface area contributed by atoms with Crippen molar-refractivity contribution >= 4 is 11.6 Å². The summed E-state index contributed by atoms with van der Waals surface area (Å²) in [5, 5.41) is 8.96. The fourth-order valence-electron chi connectivity index (χ4n) is 2.19. The highest BCUT2D eigenvalue weighted by atomic mass is 16.3. The van der Waals surface area contributed by atoms with Crippen LogP contribution in [0.25, 0.3) is 0 Å². The number of anilines is 1. The van der Waals surface area contributed by atoms with E-state index in [-0.39, 0.29) is 12.4 Å². The van der Waals surface area contributed by atoms with Gasteiger partial charge in [0.1, 0.15) is 5.82 Å². The topological polar surface area (TPSA) is 53.4 Å². The van der Waals surface area contributed by atoms with E-state index in [1.165, 1.54) is 19.3 Å². The van der Waals surface area contributed by atoms with Crippen LogP contribution in [0.1, 0.15) is 43.0 Å². The normalized spacial score (nSPS) is 15.2. The first-order chi connectivity index (χ1) is 8.72. The number of aromatic nitrogens is 1. The van der Waals surface area contributed by atoms with E-state index in [1.54, 1.807) is 13.1 Å². The zero-order chi connectivity index (χ0) is 13.0. The van der Waals surface area contributed by atoms with Gasteiger partial charge in [0, 0.05) is 31.0 Å². The molecule has 1 N–H and O–H groups in total. The number of aliphatic hydroxyl groups is 1. The van der Waals surface area contributed by atoms with E-state index in [2.05, 4.69) is 9.88 Å². The number of ketones is 1. The van der Waals surface area contributed by atoms with Crippen molar-refractivity contribution in [2.24, 2.45) is 0 Å². The summed E-state index contributed by atoms with van der Waals surface area (Å²) in [4.78, 5) is 17.8. The van der Waals surface area contributed by atoms with Gasteiger partial charge >= 0.3 is 0 Å². The minimum Gasteiger partial charge on any atom is -0.396 e. The van der Waals surface area contributed by atoms with Crippen LogP contribution >= 0.6 is 0 Å². The maximum absolute atomic E-state index is 11.2. The first-order valence-corrected chi connectivity index (χ1v) is 6.57. The standard InChI is InChI=1S/C14H20N2O2/c1-11(18)12-6-7-14(15-10-12)16(8-3-9-17)13-4-2-5-13/h6-7,10,13,17H,2-5,8-9H2,1H3. The average Bonchev–Trinajstić information content (AvgIpc) is 2.32. The number of hydrogen-bond acceptors (Lipinski definition) is 4. The van der Waals surface area contributed by atoms with Gasteiger partial charge in [-0.3, -0.25) is 4.79 Å². The Morgan fingerprint density at radius 3 is 2.72 bits per heavy atom. The molecular formula is C14H20N2O2. The number of rotatable bonds is 6. The number of pyridine rings is 1. The van der Waals surface area contributed by atoms with Crippen molar-refractivity contribution in [2.75, 3.05) is 18.1 Å². The van der Waals surface area contributed by atoms with Crippen LogP contribution in [0.4, 0.5) is 5.82 Å². The molecule has 0 spiro atoms. The third-order valence-corrected chi connectivity index (χ3v) is 3.52. The van der Waals surface area contributed by atoms with E-state index in [0.717, 1.165) is 18.8 Å². The first kappa shape index (κ1) is 13.0. The van der Waals surface area contributed by atoms with E-state index in [1.807, 2.05) is 12.1 Å². The maximum Gasteiger partial charge on any atom is 0.161 e. The van der Waals surface area contributed by atoms with Gasteiger partial charge in [0.05, 0.1) is 0 Å². The van der Waals surface area contributed by atoms with Crippen molar-refractivity contribution in [2.45, 2.75) is 38.6 Å². The van der Waals surface area contributed by atoms with Gasteiger partial charge in [-0.25, -0.2) is 4.98 Å². The summed E-state index contributed by atoms with van der Waals surface area (Å²) in [6.45, 7) is 2.58. The van der Waals surface area contributed by atoms with Gasteiger partial charge in [-0.15, -0.1) is 0 Å². The number of aliphatic hydroxyl groups excluding tert-OH is 1. The Balaban J connectivity index is 2.11. The quantitative estimate of drug-likeness (QED) is 0.783. The van der Waals surface area contributed by atoms with E-state index < -0.39 is 0 Å². The molecule has 2 rings (SSSR count). The Labute approximate surface area is 108 Å². The summed E-state index contributed by atoms with van der Waals surface area (Å²) in [5.41, 5.74) is 0.648. The minimum absolute atomic E-state index is 0.0413.